The van der Waals surface area contributed by atoms with Gasteiger partial charge in [0, 0.05) is 18.7 Å². The Morgan fingerprint density at radius 3 is 2.42 bits per heavy atom. The van der Waals surface area contributed by atoms with Crippen LogP contribution in [0.2, 0.25) is 0 Å². The maximum atomic E-state index is 10.4. The maximum Gasteiger partial charge on any atom is 0.122 e. The van der Waals surface area contributed by atoms with Crippen LogP contribution in [0.15, 0.2) is 24.3 Å². The van der Waals surface area contributed by atoms with Crippen LogP contribution in [-0.4, -0.2) is 35.0 Å². The Balaban J connectivity index is 1.91. The lowest BCUT2D eigenvalue weighted by atomic mass is 10.0. The van der Waals surface area contributed by atoms with E-state index in [0.717, 1.165) is 44.3 Å². The molecule has 4 nitrogen and oxygen atoms in total. The summed E-state index contributed by atoms with van der Waals surface area (Å²) in [5.74, 6) is 0.0974. The van der Waals surface area contributed by atoms with Crippen molar-refractivity contribution in [3.63, 3.8) is 0 Å². The van der Waals surface area contributed by atoms with Gasteiger partial charge in [-0.05, 0) is 25.5 Å². The number of rotatable bonds is 5. The summed E-state index contributed by atoms with van der Waals surface area (Å²) in [6.45, 7) is 1.53. The number of nitrogens with two attached hydrogens (primary N) is 1. The molecule has 1 aliphatic carbocycles. The third-order valence-corrected chi connectivity index (χ3v) is 3.82. The summed E-state index contributed by atoms with van der Waals surface area (Å²) >= 11 is 0. The van der Waals surface area contributed by atoms with Gasteiger partial charge in [0.2, 0.25) is 0 Å². The molecule has 0 aromatic heterocycles. The Kier molecular flexibility index (Phi) is 4.22. The van der Waals surface area contributed by atoms with Crippen LogP contribution in [0.5, 0.6) is 0 Å². The van der Waals surface area contributed by atoms with E-state index in [1.807, 2.05) is 31.3 Å². The number of likely N-dealkylation sites (N-methyl/N-ethyl adjacent to an activating group) is 1. The van der Waals surface area contributed by atoms with Crippen molar-refractivity contribution < 1.29 is 5.11 Å². The molecular formula is C15H23N3O. The largest absolute Gasteiger partial charge is 0.389 e. The van der Waals surface area contributed by atoms with E-state index in [2.05, 4.69) is 4.90 Å². The highest BCUT2D eigenvalue weighted by atomic mass is 16.3. The predicted octanol–water partition coefficient (Wildman–Crippen LogP) is 1.71. The van der Waals surface area contributed by atoms with Crippen molar-refractivity contribution in [2.75, 3.05) is 13.6 Å². The van der Waals surface area contributed by atoms with Gasteiger partial charge in [0.1, 0.15) is 5.84 Å². The molecule has 0 atom stereocenters. The molecule has 0 bridgehead atoms. The molecule has 0 radical (unpaired) electrons. The summed E-state index contributed by atoms with van der Waals surface area (Å²) < 4.78 is 0. The van der Waals surface area contributed by atoms with Crippen molar-refractivity contribution in [3.8, 4) is 0 Å². The summed E-state index contributed by atoms with van der Waals surface area (Å²) in [5.41, 5.74) is 6.87. The van der Waals surface area contributed by atoms with Gasteiger partial charge in [-0.3, -0.25) is 10.3 Å². The van der Waals surface area contributed by atoms with Crippen LogP contribution in [0.1, 0.15) is 36.8 Å². The Hall–Kier alpha value is -1.39. The Morgan fingerprint density at radius 1 is 1.32 bits per heavy atom. The predicted molar refractivity (Wildman–Crippen MR) is 77.2 cm³/mol. The second-order valence-electron chi connectivity index (χ2n) is 5.71. The van der Waals surface area contributed by atoms with Crippen molar-refractivity contribution in [3.05, 3.63) is 35.4 Å². The molecule has 1 aromatic rings. The monoisotopic (exact) mass is 261 g/mol. The minimum Gasteiger partial charge on any atom is -0.389 e. The molecule has 1 aromatic carbocycles. The van der Waals surface area contributed by atoms with Crippen molar-refractivity contribution >= 4 is 5.84 Å². The van der Waals surface area contributed by atoms with Crippen molar-refractivity contribution in [1.82, 2.24) is 4.90 Å². The Bertz CT molecular complexity index is 435. The SMILES string of the molecule is CN(Cc1ccc(C(=N)N)cc1)CC1(O)CCCC1. The lowest BCUT2D eigenvalue weighted by Gasteiger charge is -2.28. The second kappa shape index (κ2) is 5.72. The summed E-state index contributed by atoms with van der Waals surface area (Å²) in [4.78, 5) is 2.16. The standard InChI is InChI=1S/C15H23N3O/c1-18(11-15(19)8-2-3-9-15)10-12-4-6-13(7-5-12)14(16)17/h4-7,19H,2-3,8-11H2,1H3,(H3,16,17). The summed E-state index contributed by atoms with van der Waals surface area (Å²) in [6, 6.07) is 7.73. The van der Waals surface area contributed by atoms with Crippen LogP contribution in [-0.2, 0) is 6.54 Å². The van der Waals surface area contributed by atoms with Gasteiger partial charge in [0.25, 0.3) is 0 Å². The highest BCUT2D eigenvalue weighted by Crippen LogP contribution is 2.30. The first kappa shape index (κ1) is 14.0. The van der Waals surface area contributed by atoms with E-state index in [1.165, 1.54) is 5.56 Å². The number of hydrogen-bond donors (Lipinski definition) is 3. The lowest BCUT2D eigenvalue weighted by molar-refractivity contribution is 0.0145. The minimum absolute atomic E-state index is 0.0974. The first-order valence-electron chi connectivity index (χ1n) is 6.83. The van der Waals surface area contributed by atoms with Crippen molar-refractivity contribution in [2.45, 2.75) is 37.8 Å². The van der Waals surface area contributed by atoms with Gasteiger partial charge < -0.3 is 10.8 Å². The number of aliphatic hydroxyl groups is 1. The number of nitrogens with one attached hydrogen (secondary N) is 1. The van der Waals surface area contributed by atoms with Gasteiger partial charge in [-0.2, -0.15) is 0 Å². The molecule has 0 heterocycles. The Labute approximate surface area is 114 Å². The zero-order chi connectivity index (χ0) is 13.9. The molecule has 0 amide bonds. The third kappa shape index (κ3) is 3.78. The van der Waals surface area contributed by atoms with Crippen LogP contribution in [0.3, 0.4) is 0 Å². The molecule has 1 aliphatic rings. The molecule has 19 heavy (non-hydrogen) atoms. The van der Waals surface area contributed by atoms with Gasteiger partial charge >= 0.3 is 0 Å². The summed E-state index contributed by atoms with van der Waals surface area (Å²) in [5, 5.41) is 17.7. The molecule has 0 aliphatic heterocycles. The average Bonchev–Trinajstić information content (AvgIpc) is 2.76. The molecular weight excluding hydrogens is 238 g/mol. The number of nitrogen functional groups attached to an aromatic ring is 1. The zero-order valence-corrected chi connectivity index (χ0v) is 11.5. The third-order valence-electron chi connectivity index (χ3n) is 3.82. The number of hydrogen-bond acceptors (Lipinski definition) is 3. The first-order chi connectivity index (χ1) is 8.98. The van der Waals surface area contributed by atoms with E-state index in [4.69, 9.17) is 11.1 Å². The number of amidine groups is 1. The molecule has 0 unspecified atom stereocenters. The fraction of sp³-hybridized carbons (Fsp3) is 0.533. The van der Waals surface area contributed by atoms with Gasteiger partial charge in [-0.15, -0.1) is 0 Å². The van der Waals surface area contributed by atoms with E-state index in [9.17, 15) is 5.11 Å². The van der Waals surface area contributed by atoms with Gasteiger partial charge in [-0.1, -0.05) is 37.1 Å². The zero-order valence-electron chi connectivity index (χ0n) is 11.5. The van der Waals surface area contributed by atoms with E-state index in [1.54, 1.807) is 0 Å². The minimum atomic E-state index is -0.492. The highest BCUT2D eigenvalue weighted by Gasteiger charge is 2.31. The molecule has 4 heteroatoms. The fourth-order valence-electron chi connectivity index (χ4n) is 2.85. The Morgan fingerprint density at radius 2 is 1.89 bits per heavy atom. The van der Waals surface area contributed by atoms with Crippen molar-refractivity contribution in [2.24, 2.45) is 5.73 Å². The van der Waals surface area contributed by atoms with E-state index >= 15 is 0 Å². The molecule has 104 valence electrons. The van der Waals surface area contributed by atoms with Crippen LogP contribution >= 0.6 is 0 Å². The van der Waals surface area contributed by atoms with E-state index in [0.29, 0.717) is 0 Å². The molecule has 2 rings (SSSR count). The molecule has 4 N–H and O–H groups in total. The van der Waals surface area contributed by atoms with Gasteiger partial charge in [0.15, 0.2) is 0 Å². The van der Waals surface area contributed by atoms with Crippen LogP contribution in [0.25, 0.3) is 0 Å². The maximum absolute atomic E-state index is 10.4. The number of benzene rings is 1. The normalized spacial score (nSPS) is 17.8. The molecule has 0 spiro atoms. The fourth-order valence-corrected chi connectivity index (χ4v) is 2.85. The first-order valence-corrected chi connectivity index (χ1v) is 6.83. The van der Waals surface area contributed by atoms with Gasteiger partial charge in [-0.25, -0.2) is 0 Å². The molecule has 1 fully saturated rings. The molecule has 1 saturated carbocycles. The summed E-state index contributed by atoms with van der Waals surface area (Å²) in [7, 11) is 2.04. The van der Waals surface area contributed by atoms with Crippen LogP contribution in [0.4, 0.5) is 0 Å². The number of nitrogens with zero attached hydrogens (tertiary/aromatic N) is 1. The average molecular weight is 261 g/mol. The van der Waals surface area contributed by atoms with Crippen molar-refractivity contribution in [1.29, 1.82) is 5.41 Å². The van der Waals surface area contributed by atoms with E-state index < -0.39 is 5.60 Å². The van der Waals surface area contributed by atoms with Crippen LogP contribution in [0, 0.1) is 5.41 Å². The molecule has 0 saturated heterocycles. The highest BCUT2D eigenvalue weighted by molar-refractivity contribution is 5.94. The second-order valence-corrected chi connectivity index (χ2v) is 5.71. The van der Waals surface area contributed by atoms with E-state index in [-0.39, 0.29) is 5.84 Å². The lowest BCUT2D eigenvalue weighted by Crippen LogP contribution is -2.38. The quantitative estimate of drug-likeness (QED) is 0.558. The topological polar surface area (TPSA) is 73.3 Å². The van der Waals surface area contributed by atoms with Crippen LogP contribution < -0.4 is 5.73 Å². The summed E-state index contributed by atoms with van der Waals surface area (Å²) in [6.07, 6.45) is 4.11. The van der Waals surface area contributed by atoms with Gasteiger partial charge in [0.05, 0.1) is 5.60 Å². The smallest absolute Gasteiger partial charge is 0.122 e.